The van der Waals surface area contributed by atoms with Gasteiger partial charge in [0, 0.05) is 6.21 Å². The molecule has 1 aromatic rings. The first kappa shape index (κ1) is 8.53. The normalized spacial score (nSPS) is 11.3. The number of hydrogen-bond acceptors (Lipinski definition) is 2. The van der Waals surface area contributed by atoms with Crippen LogP contribution in [0.2, 0.25) is 0 Å². The molecule has 12 heavy (non-hydrogen) atoms. The summed E-state index contributed by atoms with van der Waals surface area (Å²) in [6.07, 6.45) is 4.88. The van der Waals surface area contributed by atoms with Crippen molar-refractivity contribution in [2.45, 2.75) is 6.54 Å². The minimum Gasteiger partial charge on any atom is -0.405 e. The average Bonchev–Trinajstić information content (AvgIpc) is 2.14. The van der Waals surface area contributed by atoms with Gasteiger partial charge in [0.1, 0.15) is 0 Å². The Hall–Kier alpha value is -1.57. The Morgan fingerprint density at radius 1 is 1.25 bits per heavy atom. The first-order chi connectivity index (χ1) is 5.93. The zero-order chi connectivity index (χ0) is 8.65. The van der Waals surface area contributed by atoms with Crippen molar-refractivity contribution in [1.29, 1.82) is 0 Å². The van der Waals surface area contributed by atoms with E-state index < -0.39 is 0 Å². The van der Waals surface area contributed by atoms with E-state index in [1.165, 1.54) is 11.8 Å². The van der Waals surface area contributed by atoms with Gasteiger partial charge in [-0.15, -0.1) is 0 Å². The van der Waals surface area contributed by atoms with Gasteiger partial charge in [-0.1, -0.05) is 30.3 Å². The third-order valence-electron chi connectivity index (χ3n) is 1.42. The number of allylic oxidation sites excluding steroid dienone is 1. The fraction of sp³-hybridized carbons (Fsp3) is 0.100. The van der Waals surface area contributed by atoms with Gasteiger partial charge < -0.3 is 5.73 Å². The molecule has 1 aromatic carbocycles. The van der Waals surface area contributed by atoms with E-state index >= 15 is 0 Å². The molecule has 0 aromatic heterocycles. The second-order valence-corrected chi connectivity index (χ2v) is 2.36. The van der Waals surface area contributed by atoms with E-state index in [0.29, 0.717) is 6.54 Å². The Labute approximate surface area is 72.4 Å². The first-order valence-electron chi connectivity index (χ1n) is 3.84. The molecular weight excluding hydrogens is 148 g/mol. The number of hydrogen-bond donors (Lipinski definition) is 1. The molecule has 2 N–H and O–H groups in total. The van der Waals surface area contributed by atoms with Gasteiger partial charge >= 0.3 is 0 Å². The van der Waals surface area contributed by atoms with Gasteiger partial charge in [0.15, 0.2) is 0 Å². The van der Waals surface area contributed by atoms with Gasteiger partial charge in [-0.25, -0.2) is 0 Å². The van der Waals surface area contributed by atoms with Gasteiger partial charge in [0.05, 0.1) is 6.54 Å². The molecule has 0 heterocycles. The summed E-state index contributed by atoms with van der Waals surface area (Å²) in [5, 5.41) is 0. The van der Waals surface area contributed by atoms with E-state index in [-0.39, 0.29) is 0 Å². The van der Waals surface area contributed by atoms with Crippen LogP contribution in [0.25, 0.3) is 0 Å². The fourth-order valence-electron chi connectivity index (χ4n) is 0.852. The highest BCUT2D eigenvalue weighted by Gasteiger charge is 1.84. The van der Waals surface area contributed by atoms with Crippen LogP contribution in [0, 0.1) is 0 Å². The second kappa shape index (κ2) is 5.13. The highest BCUT2D eigenvalue weighted by atomic mass is 14.7. The van der Waals surface area contributed by atoms with Crippen LogP contribution in [0.3, 0.4) is 0 Å². The van der Waals surface area contributed by atoms with E-state index in [2.05, 4.69) is 4.99 Å². The van der Waals surface area contributed by atoms with Crippen molar-refractivity contribution in [3.05, 3.63) is 48.2 Å². The molecule has 0 saturated carbocycles. The minimum atomic E-state index is 0.713. The maximum absolute atomic E-state index is 5.14. The maximum Gasteiger partial charge on any atom is 0.0639 e. The van der Waals surface area contributed by atoms with Crippen molar-refractivity contribution >= 4 is 6.21 Å². The van der Waals surface area contributed by atoms with Crippen LogP contribution in [0.5, 0.6) is 0 Å². The minimum absolute atomic E-state index is 0.713. The van der Waals surface area contributed by atoms with E-state index in [9.17, 15) is 0 Å². The quantitative estimate of drug-likeness (QED) is 0.672. The van der Waals surface area contributed by atoms with Crippen molar-refractivity contribution in [3.63, 3.8) is 0 Å². The summed E-state index contributed by atoms with van der Waals surface area (Å²) in [7, 11) is 0. The number of benzene rings is 1. The number of nitrogens with zero attached hydrogens (tertiary/aromatic N) is 1. The zero-order valence-electron chi connectivity index (χ0n) is 6.85. The van der Waals surface area contributed by atoms with Crippen LogP contribution in [-0.4, -0.2) is 6.21 Å². The molecule has 0 fully saturated rings. The summed E-state index contributed by atoms with van der Waals surface area (Å²) in [6, 6.07) is 10.1. The van der Waals surface area contributed by atoms with Crippen molar-refractivity contribution in [1.82, 2.24) is 0 Å². The van der Waals surface area contributed by atoms with E-state index in [1.807, 2.05) is 30.3 Å². The molecular formula is C10H12N2. The van der Waals surface area contributed by atoms with Crippen LogP contribution < -0.4 is 5.73 Å². The monoisotopic (exact) mass is 160 g/mol. The van der Waals surface area contributed by atoms with Gasteiger partial charge in [0.25, 0.3) is 0 Å². The van der Waals surface area contributed by atoms with Crippen molar-refractivity contribution in [3.8, 4) is 0 Å². The van der Waals surface area contributed by atoms with Crippen LogP contribution >= 0.6 is 0 Å². The lowest BCUT2D eigenvalue weighted by atomic mass is 10.2. The first-order valence-corrected chi connectivity index (χ1v) is 3.84. The Morgan fingerprint density at radius 3 is 2.67 bits per heavy atom. The molecule has 0 bridgehead atoms. The van der Waals surface area contributed by atoms with Gasteiger partial charge in [0.2, 0.25) is 0 Å². The highest BCUT2D eigenvalue weighted by Crippen LogP contribution is 1.98. The highest BCUT2D eigenvalue weighted by molar-refractivity contribution is 5.70. The van der Waals surface area contributed by atoms with Gasteiger partial charge in [-0.2, -0.15) is 0 Å². The van der Waals surface area contributed by atoms with Crippen molar-refractivity contribution in [2.75, 3.05) is 0 Å². The molecule has 0 unspecified atom stereocenters. The van der Waals surface area contributed by atoms with Crippen LogP contribution in [0.15, 0.2) is 47.6 Å². The summed E-state index contributed by atoms with van der Waals surface area (Å²) in [5.74, 6) is 0. The fourth-order valence-corrected chi connectivity index (χ4v) is 0.852. The average molecular weight is 160 g/mol. The SMILES string of the molecule is NC=CC=NCc1ccccc1. The molecule has 0 saturated heterocycles. The lowest BCUT2D eigenvalue weighted by Crippen LogP contribution is -1.80. The molecule has 0 aliphatic carbocycles. The Kier molecular flexibility index (Phi) is 3.64. The predicted molar refractivity (Wildman–Crippen MR) is 52.0 cm³/mol. The Morgan fingerprint density at radius 2 is 2.00 bits per heavy atom. The predicted octanol–water partition coefficient (Wildman–Crippen LogP) is 1.73. The number of aliphatic imine (C=N–C) groups is 1. The summed E-state index contributed by atoms with van der Waals surface area (Å²) in [5.41, 5.74) is 6.34. The molecule has 2 heteroatoms. The lowest BCUT2D eigenvalue weighted by molar-refractivity contribution is 1.08. The largest absolute Gasteiger partial charge is 0.405 e. The van der Waals surface area contributed by atoms with Gasteiger partial charge in [-0.3, -0.25) is 4.99 Å². The molecule has 0 radical (unpaired) electrons. The van der Waals surface area contributed by atoms with E-state index in [1.54, 1.807) is 12.3 Å². The van der Waals surface area contributed by atoms with Gasteiger partial charge in [-0.05, 0) is 17.8 Å². The molecule has 0 spiro atoms. The lowest BCUT2D eigenvalue weighted by Gasteiger charge is -1.92. The second-order valence-electron chi connectivity index (χ2n) is 2.36. The maximum atomic E-state index is 5.14. The molecule has 0 atom stereocenters. The molecule has 0 amide bonds. The number of rotatable bonds is 3. The van der Waals surface area contributed by atoms with Crippen molar-refractivity contribution < 1.29 is 0 Å². The van der Waals surface area contributed by atoms with E-state index in [0.717, 1.165) is 0 Å². The molecule has 2 nitrogen and oxygen atoms in total. The van der Waals surface area contributed by atoms with Crippen LogP contribution in [0.1, 0.15) is 5.56 Å². The van der Waals surface area contributed by atoms with Crippen molar-refractivity contribution in [2.24, 2.45) is 10.7 Å². The topological polar surface area (TPSA) is 38.4 Å². The molecule has 0 aliphatic heterocycles. The smallest absolute Gasteiger partial charge is 0.0639 e. The summed E-state index contributed by atoms with van der Waals surface area (Å²) in [6.45, 7) is 0.713. The summed E-state index contributed by atoms with van der Waals surface area (Å²) in [4.78, 5) is 4.14. The molecule has 1 rings (SSSR count). The summed E-state index contributed by atoms with van der Waals surface area (Å²) < 4.78 is 0. The third-order valence-corrected chi connectivity index (χ3v) is 1.42. The molecule has 0 aliphatic rings. The summed E-state index contributed by atoms with van der Waals surface area (Å²) >= 11 is 0. The van der Waals surface area contributed by atoms with Crippen LogP contribution in [0.4, 0.5) is 0 Å². The third kappa shape index (κ3) is 3.01. The zero-order valence-corrected chi connectivity index (χ0v) is 6.85. The van der Waals surface area contributed by atoms with Crippen LogP contribution in [-0.2, 0) is 6.54 Å². The Bertz CT molecular complexity index is 262. The number of nitrogens with two attached hydrogens (primary N) is 1. The van der Waals surface area contributed by atoms with E-state index in [4.69, 9.17) is 5.73 Å². The standard InChI is InChI=1S/C10H12N2/c11-7-4-8-12-9-10-5-2-1-3-6-10/h1-8H,9,11H2. The Balaban J connectivity index is 2.43. The molecule has 62 valence electrons.